The molecule has 2 heteroatoms. The van der Waals surface area contributed by atoms with Gasteiger partial charge in [0.2, 0.25) is 0 Å². The van der Waals surface area contributed by atoms with Crippen molar-refractivity contribution >= 4 is 33.4 Å². The normalized spacial score (nSPS) is 11.5. The third-order valence-corrected chi connectivity index (χ3v) is 4.18. The van der Waals surface area contributed by atoms with Crippen molar-refractivity contribution < 1.29 is 0 Å². The highest BCUT2D eigenvalue weighted by Crippen LogP contribution is 2.28. The van der Waals surface area contributed by atoms with Crippen molar-refractivity contribution in [1.29, 1.82) is 0 Å². The molecule has 1 aromatic heterocycles. The largest absolute Gasteiger partial charge is 0.355 e. The number of halogens is 1. The van der Waals surface area contributed by atoms with E-state index in [1.807, 2.05) is 12.1 Å². The summed E-state index contributed by atoms with van der Waals surface area (Å²) in [5, 5.41) is 3.27. The molecular formula is C18H20ClN. The lowest BCUT2D eigenvalue weighted by molar-refractivity contribution is 0.667. The van der Waals surface area contributed by atoms with Crippen molar-refractivity contribution in [3.63, 3.8) is 0 Å². The number of benzene rings is 2. The standard InChI is InChI=1S/C18H20ClN/c1-2-3-4-5-6-13-7-9-15-16-12-14(19)8-10-17(16)20-18(15)11-13/h7-12,20H,2-6H2,1H3. The minimum atomic E-state index is 0.794. The zero-order chi connectivity index (χ0) is 13.9. The van der Waals surface area contributed by atoms with E-state index >= 15 is 0 Å². The molecule has 0 fully saturated rings. The summed E-state index contributed by atoms with van der Waals surface area (Å²) in [4.78, 5) is 3.49. The molecule has 0 aliphatic carbocycles. The van der Waals surface area contributed by atoms with Gasteiger partial charge in [-0.3, -0.25) is 0 Å². The van der Waals surface area contributed by atoms with Gasteiger partial charge in [-0.1, -0.05) is 49.9 Å². The average Bonchev–Trinajstić information content (AvgIpc) is 2.81. The lowest BCUT2D eigenvalue weighted by Gasteiger charge is -2.01. The first-order valence-corrected chi connectivity index (χ1v) is 7.85. The van der Waals surface area contributed by atoms with Crippen molar-refractivity contribution in [3.05, 3.63) is 47.0 Å². The van der Waals surface area contributed by atoms with E-state index in [-0.39, 0.29) is 0 Å². The van der Waals surface area contributed by atoms with Gasteiger partial charge in [-0.05, 0) is 42.7 Å². The summed E-state index contributed by atoms with van der Waals surface area (Å²) in [6.45, 7) is 2.25. The van der Waals surface area contributed by atoms with Crippen LogP contribution < -0.4 is 0 Å². The van der Waals surface area contributed by atoms with Crippen LogP contribution in [0.2, 0.25) is 5.02 Å². The smallest absolute Gasteiger partial charge is 0.0467 e. The van der Waals surface area contributed by atoms with Crippen molar-refractivity contribution in [1.82, 2.24) is 4.98 Å². The minimum Gasteiger partial charge on any atom is -0.355 e. The Kier molecular flexibility index (Phi) is 3.98. The maximum atomic E-state index is 6.09. The number of fused-ring (bicyclic) bond motifs is 3. The fourth-order valence-electron chi connectivity index (χ4n) is 2.83. The molecule has 1 N–H and O–H groups in total. The summed E-state index contributed by atoms with van der Waals surface area (Å²) in [5.74, 6) is 0. The van der Waals surface area contributed by atoms with Crippen LogP contribution in [0.25, 0.3) is 21.8 Å². The van der Waals surface area contributed by atoms with E-state index in [1.54, 1.807) is 0 Å². The zero-order valence-electron chi connectivity index (χ0n) is 11.9. The second-order valence-electron chi connectivity index (χ2n) is 5.51. The highest BCUT2D eigenvalue weighted by atomic mass is 35.5. The van der Waals surface area contributed by atoms with Gasteiger partial charge in [0.05, 0.1) is 0 Å². The molecule has 0 aliphatic heterocycles. The van der Waals surface area contributed by atoms with Crippen molar-refractivity contribution in [2.24, 2.45) is 0 Å². The summed E-state index contributed by atoms with van der Waals surface area (Å²) >= 11 is 6.09. The molecule has 0 radical (unpaired) electrons. The van der Waals surface area contributed by atoms with Crippen LogP contribution in [-0.4, -0.2) is 4.98 Å². The van der Waals surface area contributed by atoms with Gasteiger partial charge in [0.25, 0.3) is 0 Å². The predicted octanol–water partition coefficient (Wildman–Crippen LogP) is 6.10. The first-order chi connectivity index (χ1) is 9.78. The van der Waals surface area contributed by atoms with Crippen LogP contribution in [0.15, 0.2) is 36.4 Å². The van der Waals surface area contributed by atoms with Gasteiger partial charge in [-0.25, -0.2) is 0 Å². The first-order valence-electron chi connectivity index (χ1n) is 7.48. The van der Waals surface area contributed by atoms with E-state index in [1.165, 1.54) is 54.0 Å². The molecule has 0 spiro atoms. The first kappa shape index (κ1) is 13.5. The van der Waals surface area contributed by atoms with Crippen LogP contribution in [0.4, 0.5) is 0 Å². The number of hydrogen-bond donors (Lipinski definition) is 1. The molecule has 0 atom stereocenters. The quantitative estimate of drug-likeness (QED) is 0.545. The van der Waals surface area contributed by atoms with Crippen molar-refractivity contribution in [3.8, 4) is 0 Å². The van der Waals surface area contributed by atoms with E-state index in [0.29, 0.717) is 0 Å². The molecule has 0 saturated carbocycles. The molecule has 104 valence electrons. The van der Waals surface area contributed by atoms with E-state index in [0.717, 1.165) is 10.5 Å². The van der Waals surface area contributed by atoms with E-state index < -0.39 is 0 Å². The van der Waals surface area contributed by atoms with Gasteiger partial charge >= 0.3 is 0 Å². The summed E-state index contributed by atoms with van der Waals surface area (Å²) < 4.78 is 0. The van der Waals surface area contributed by atoms with Gasteiger partial charge in [0, 0.05) is 26.8 Å². The van der Waals surface area contributed by atoms with Crippen LogP contribution in [-0.2, 0) is 6.42 Å². The van der Waals surface area contributed by atoms with Crippen LogP contribution in [0.3, 0.4) is 0 Å². The predicted molar refractivity (Wildman–Crippen MR) is 88.7 cm³/mol. The third-order valence-electron chi connectivity index (χ3n) is 3.94. The second kappa shape index (κ2) is 5.88. The number of aromatic amines is 1. The molecule has 0 amide bonds. The summed E-state index contributed by atoms with van der Waals surface area (Å²) in [6.07, 6.45) is 6.42. The Morgan fingerprint density at radius 2 is 1.80 bits per heavy atom. The van der Waals surface area contributed by atoms with Gasteiger partial charge in [-0.15, -0.1) is 0 Å². The topological polar surface area (TPSA) is 15.8 Å². The van der Waals surface area contributed by atoms with Crippen LogP contribution in [0, 0.1) is 0 Å². The molecule has 1 heterocycles. The minimum absolute atomic E-state index is 0.794. The Balaban J connectivity index is 1.89. The highest BCUT2D eigenvalue weighted by molar-refractivity contribution is 6.31. The number of H-pyrrole nitrogens is 1. The molecule has 1 nitrogen and oxygen atoms in total. The van der Waals surface area contributed by atoms with E-state index in [9.17, 15) is 0 Å². The number of nitrogens with one attached hydrogen (secondary N) is 1. The van der Waals surface area contributed by atoms with E-state index in [4.69, 9.17) is 11.6 Å². The summed E-state index contributed by atoms with van der Waals surface area (Å²) in [6, 6.07) is 12.8. The Labute approximate surface area is 124 Å². The lowest BCUT2D eigenvalue weighted by atomic mass is 10.0. The molecule has 3 aromatic rings. The molecule has 0 bridgehead atoms. The fourth-order valence-corrected chi connectivity index (χ4v) is 3.01. The van der Waals surface area contributed by atoms with Crippen LogP contribution in [0.5, 0.6) is 0 Å². The van der Waals surface area contributed by atoms with Gasteiger partial charge in [0.1, 0.15) is 0 Å². The molecule has 3 rings (SSSR count). The van der Waals surface area contributed by atoms with E-state index in [2.05, 4.69) is 36.2 Å². The Morgan fingerprint density at radius 3 is 2.65 bits per heavy atom. The third kappa shape index (κ3) is 2.69. The lowest BCUT2D eigenvalue weighted by Crippen LogP contribution is -1.85. The van der Waals surface area contributed by atoms with Crippen LogP contribution in [0.1, 0.15) is 38.2 Å². The molecule has 0 saturated heterocycles. The molecular weight excluding hydrogens is 266 g/mol. The monoisotopic (exact) mass is 285 g/mol. The number of rotatable bonds is 5. The number of aryl methyl sites for hydroxylation is 1. The second-order valence-corrected chi connectivity index (χ2v) is 5.94. The fraction of sp³-hybridized carbons (Fsp3) is 0.333. The summed E-state index contributed by atoms with van der Waals surface area (Å²) in [5.41, 5.74) is 3.80. The SMILES string of the molecule is CCCCCCc1ccc2c(c1)[nH]c1ccc(Cl)cc12. The van der Waals surface area contributed by atoms with Crippen molar-refractivity contribution in [2.75, 3.05) is 0 Å². The molecule has 0 unspecified atom stereocenters. The zero-order valence-corrected chi connectivity index (χ0v) is 12.6. The number of hydrogen-bond acceptors (Lipinski definition) is 0. The Morgan fingerprint density at radius 1 is 0.900 bits per heavy atom. The van der Waals surface area contributed by atoms with Crippen molar-refractivity contribution in [2.45, 2.75) is 39.0 Å². The van der Waals surface area contributed by atoms with Crippen LogP contribution >= 0.6 is 11.6 Å². The maximum Gasteiger partial charge on any atom is 0.0467 e. The molecule has 0 aliphatic rings. The maximum absolute atomic E-state index is 6.09. The van der Waals surface area contributed by atoms with Gasteiger partial charge < -0.3 is 4.98 Å². The number of aromatic nitrogens is 1. The molecule has 2 aromatic carbocycles. The van der Waals surface area contributed by atoms with Gasteiger partial charge in [0.15, 0.2) is 0 Å². The Hall–Kier alpha value is -1.47. The highest BCUT2D eigenvalue weighted by Gasteiger charge is 2.05. The average molecular weight is 286 g/mol. The number of unbranched alkanes of at least 4 members (excludes halogenated alkanes) is 3. The van der Waals surface area contributed by atoms with Gasteiger partial charge in [-0.2, -0.15) is 0 Å². The Bertz CT molecular complexity index is 727. The molecule has 20 heavy (non-hydrogen) atoms. The summed E-state index contributed by atoms with van der Waals surface area (Å²) in [7, 11) is 0.